The van der Waals surface area contributed by atoms with E-state index in [1.165, 1.54) is 0 Å². The third-order valence-electron chi connectivity index (χ3n) is 1.29. The molecule has 0 atom stereocenters. The summed E-state index contributed by atoms with van der Waals surface area (Å²) in [5.41, 5.74) is 0. The maximum atomic E-state index is 8.23. The number of rotatable bonds is 1. The third-order valence-corrected chi connectivity index (χ3v) is 1.29. The maximum Gasteiger partial charge on any atom is 0.0559 e. The van der Waals surface area contributed by atoms with Gasteiger partial charge in [-0.1, -0.05) is 0 Å². The molecule has 1 heterocycles. The molecule has 0 aromatic carbocycles. The second kappa shape index (κ2) is 3.49. The van der Waals surface area contributed by atoms with Crippen molar-refractivity contribution in [1.29, 1.82) is 5.26 Å². The minimum absolute atomic E-state index is 0.748. The molecule has 0 amide bonds. The molecular weight excluding hydrogens is 115 g/mol. The Morgan fingerprint density at radius 3 is 2.67 bits per heavy atom. The highest BCUT2D eigenvalue weighted by Gasteiger charge is 1.98. The van der Waals surface area contributed by atoms with Crippen LogP contribution in [0.2, 0.25) is 0 Å². The fourth-order valence-electron chi connectivity index (χ4n) is 0.788. The Bertz CT molecular complexity index is 117. The van der Waals surface area contributed by atoms with Crippen LogP contribution >= 0.6 is 0 Å². The highest BCUT2D eigenvalue weighted by Crippen LogP contribution is 1.92. The molecule has 3 nitrogen and oxygen atoms in total. The monoisotopic (exact) mass is 123 g/mol. The van der Waals surface area contributed by atoms with Crippen LogP contribution in [0.15, 0.2) is 0 Å². The average Bonchev–Trinajstić information content (AvgIpc) is 1.91. The molecule has 4 heteroatoms. The standard InChI is InChI=1S/C5H8BN2O/c7-5-6-8-1-3-9-4-2-8/h1-4H2/q-1. The van der Waals surface area contributed by atoms with E-state index in [0.29, 0.717) is 0 Å². The molecule has 0 aromatic heterocycles. The smallest absolute Gasteiger partial charge is 0.0559 e. The third kappa shape index (κ3) is 2.04. The van der Waals surface area contributed by atoms with E-state index in [-0.39, 0.29) is 0 Å². The van der Waals surface area contributed by atoms with Gasteiger partial charge in [-0.2, -0.15) is 0 Å². The van der Waals surface area contributed by atoms with Gasteiger partial charge in [0.25, 0.3) is 0 Å². The fraction of sp³-hybridized carbons (Fsp3) is 0.800. The van der Waals surface area contributed by atoms with Gasteiger partial charge in [0.15, 0.2) is 0 Å². The van der Waals surface area contributed by atoms with Crippen LogP contribution in [0.25, 0.3) is 0 Å². The summed E-state index contributed by atoms with van der Waals surface area (Å²) in [5, 5.41) is 8.23. The lowest BCUT2D eigenvalue weighted by molar-refractivity contribution is 0.0730. The molecule has 0 aromatic rings. The van der Waals surface area contributed by atoms with Gasteiger partial charge < -0.3 is 9.55 Å². The van der Waals surface area contributed by atoms with E-state index in [1.807, 2.05) is 10.8 Å². The second-order valence-electron chi connectivity index (χ2n) is 1.91. The highest BCUT2D eigenvalue weighted by molar-refractivity contribution is 6.41. The van der Waals surface area contributed by atoms with Gasteiger partial charge in [-0.05, 0) is 13.1 Å². The first-order valence-corrected chi connectivity index (χ1v) is 2.98. The van der Waals surface area contributed by atoms with Crippen molar-refractivity contribution in [2.45, 2.75) is 0 Å². The van der Waals surface area contributed by atoms with Gasteiger partial charge in [0.1, 0.15) is 0 Å². The number of hydrogen-bond donors (Lipinski definition) is 0. The van der Waals surface area contributed by atoms with Gasteiger partial charge in [0.2, 0.25) is 0 Å². The van der Waals surface area contributed by atoms with Crippen molar-refractivity contribution in [2.75, 3.05) is 26.3 Å². The van der Waals surface area contributed by atoms with Crippen LogP contribution in [-0.2, 0) is 4.74 Å². The highest BCUT2D eigenvalue weighted by atomic mass is 16.5. The zero-order chi connectivity index (χ0) is 6.53. The minimum atomic E-state index is 0.748. The summed E-state index contributed by atoms with van der Waals surface area (Å²) in [6.07, 6.45) is 0. The number of ether oxygens (including phenoxy) is 1. The summed E-state index contributed by atoms with van der Waals surface area (Å²) in [7, 11) is 1.54. The molecule has 0 spiro atoms. The normalized spacial score (nSPS) is 21.2. The lowest BCUT2D eigenvalue weighted by Gasteiger charge is -2.34. The molecule has 0 bridgehead atoms. The number of hydrogen-bond acceptors (Lipinski definition) is 3. The van der Waals surface area contributed by atoms with Crippen LogP contribution < -0.4 is 0 Å². The van der Waals surface area contributed by atoms with E-state index in [2.05, 4.69) is 0 Å². The van der Waals surface area contributed by atoms with E-state index in [0.717, 1.165) is 26.3 Å². The van der Waals surface area contributed by atoms with Gasteiger partial charge >= 0.3 is 0 Å². The molecule has 0 saturated carbocycles. The molecule has 0 aliphatic carbocycles. The van der Waals surface area contributed by atoms with Crippen molar-refractivity contribution >= 4 is 7.41 Å². The Labute approximate surface area is 55.5 Å². The van der Waals surface area contributed by atoms with E-state index >= 15 is 0 Å². The molecule has 1 aliphatic heterocycles. The lowest BCUT2D eigenvalue weighted by atomic mass is 9.94. The largest absolute Gasteiger partial charge is 0.521 e. The molecule has 1 aliphatic rings. The summed E-state index contributed by atoms with van der Waals surface area (Å²) in [4.78, 5) is 1.96. The van der Waals surface area contributed by atoms with Crippen LogP contribution in [0.5, 0.6) is 0 Å². The van der Waals surface area contributed by atoms with Crippen molar-refractivity contribution < 1.29 is 4.74 Å². The van der Waals surface area contributed by atoms with E-state index in [9.17, 15) is 0 Å². The topological polar surface area (TPSA) is 36.3 Å². The minimum Gasteiger partial charge on any atom is -0.521 e. The number of nitrogens with zero attached hydrogens (tertiary/aromatic N) is 2. The maximum absolute atomic E-state index is 8.23. The quantitative estimate of drug-likeness (QED) is 0.437. The molecule has 0 N–H and O–H groups in total. The molecular formula is C5H8BN2O-. The molecule has 9 heavy (non-hydrogen) atoms. The summed E-state index contributed by atoms with van der Waals surface area (Å²) in [6.45, 7) is 3.21. The summed E-state index contributed by atoms with van der Waals surface area (Å²) >= 11 is 0. The lowest BCUT2D eigenvalue weighted by Crippen LogP contribution is -2.38. The van der Waals surface area contributed by atoms with E-state index in [4.69, 9.17) is 10.00 Å². The average molecular weight is 123 g/mol. The first kappa shape index (κ1) is 6.59. The Morgan fingerprint density at radius 1 is 1.44 bits per heavy atom. The molecule has 1 rings (SSSR count). The van der Waals surface area contributed by atoms with Gasteiger partial charge in [-0.15, -0.1) is 7.41 Å². The van der Waals surface area contributed by atoms with E-state index < -0.39 is 0 Å². The van der Waals surface area contributed by atoms with Crippen molar-refractivity contribution in [3.8, 4) is 5.97 Å². The first-order chi connectivity index (χ1) is 4.43. The van der Waals surface area contributed by atoms with Gasteiger partial charge in [-0.25, -0.2) is 5.97 Å². The Balaban J connectivity index is 2.17. The summed E-state index contributed by atoms with van der Waals surface area (Å²) < 4.78 is 5.07. The molecule has 1 fully saturated rings. The Morgan fingerprint density at radius 2 is 2.11 bits per heavy atom. The van der Waals surface area contributed by atoms with Crippen LogP contribution in [0.3, 0.4) is 0 Å². The second-order valence-corrected chi connectivity index (χ2v) is 1.91. The first-order valence-electron chi connectivity index (χ1n) is 2.98. The summed E-state index contributed by atoms with van der Waals surface area (Å²) in [6, 6.07) is 0. The molecule has 1 saturated heterocycles. The summed E-state index contributed by atoms with van der Waals surface area (Å²) in [5.74, 6) is 1.98. The van der Waals surface area contributed by atoms with Gasteiger partial charge in [0.05, 0.1) is 13.2 Å². The Kier molecular flexibility index (Phi) is 2.56. The van der Waals surface area contributed by atoms with Crippen LogP contribution in [0, 0.1) is 11.2 Å². The van der Waals surface area contributed by atoms with Crippen molar-refractivity contribution in [1.82, 2.24) is 4.81 Å². The zero-order valence-electron chi connectivity index (χ0n) is 5.21. The van der Waals surface area contributed by atoms with Crippen molar-refractivity contribution in [2.24, 2.45) is 0 Å². The van der Waals surface area contributed by atoms with E-state index in [1.54, 1.807) is 7.41 Å². The van der Waals surface area contributed by atoms with Crippen LogP contribution in [-0.4, -0.2) is 38.5 Å². The van der Waals surface area contributed by atoms with Gasteiger partial charge in [0, 0.05) is 0 Å². The predicted molar refractivity (Wildman–Crippen MR) is 33.8 cm³/mol. The number of morpholine rings is 1. The zero-order valence-corrected chi connectivity index (χ0v) is 5.21. The molecule has 0 unspecified atom stereocenters. The van der Waals surface area contributed by atoms with Gasteiger partial charge in [-0.3, -0.25) is 5.26 Å². The predicted octanol–water partition coefficient (Wildman–Crippen LogP) is -0.581. The van der Waals surface area contributed by atoms with Crippen molar-refractivity contribution in [3.63, 3.8) is 0 Å². The van der Waals surface area contributed by atoms with Crippen LogP contribution in [0.1, 0.15) is 0 Å². The van der Waals surface area contributed by atoms with Crippen molar-refractivity contribution in [3.05, 3.63) is 0 Å². The molecule has 2 radical (unpaired) electrons. The van der Waals surface area contributed by atoms with Crippen LogP contribution in [0.4, 0.5) is 0 Å². The molecule has 48 valence electrons. The Hall–Kier alpha value is -0.525. The fourth-order valence-corrected chi connectivity index (χ4v) is 0.788. The number of nitriles is 1. The SMILES string of the molecule is N#C[B-]N1CCOCC1.